The number of nitrogens with one attached hydrogen (secondary N) is 1. The molecule has 8 nitrogen and oxygen atoms in total. The first-order valence-corrected chi connectivity index (χ1v) is 7.05. The standard InChI is InChI=1S/C14H18N8/c1-3-22(8(2)9-5-4-6-17-11(9)15)13-10-7-18-21-12(10)19-14(16)20-13/h4-8H,3H2,1-2H3,(H2,15,17)(H3,16,18,19,20,21). The Morgan fingerprint density at radius 3 is 2.86 bits per heavy atom. The molecule has 114 valence electrons. The van der Waals surface area contributed by atoms with Crippen LogP contribution >= 0.6 is 0 Å². The van der Waals surface area contributed by atoms with E-state index in [2.05, 4.69) is 37.0 Å². The summed E-state index contributed by atoms with van der Waals surface area (Å²) in [6, 6.07) is 3.83. The number of fused-ring (bicyclic) bond motifs is 1. The third-order valence-electron chi connectivity index (χ3n) is 3.71. The predicted octanol–water partition coefficient (Wildman–Crippen LogP) is 1.50. The molecule has 22 heavy (non-hydrogen) atoms. The number of aromatic amines is 1. The van der Waals surface area contributed by atoms with Gasteiger partial charge in [0.15, 0.2) is 5.65 Å². The molecule has 0 saturated heterocycles. The number of hydrogen-bond acceptors (Lipinski definition) is 7. The second kappa shape index (κ2) is 5.47. The first-order chi connectivity index (χ1) is 10.6. The maximum atomic E-state index is 6.00. The summed E-state index contributed by atoms with van der Waals surface area (Å²) in [5, 5.41) is 7.67. The highest BCUT2D eigenvalue weighted by Crippen LogP contribution is 2.31. The molecule has 3 heterocycles. The van der Waals surface area contributed by atoms with E-state index >= 15 is 0 Å². The normalized spacial score (nSPS) is 12.5. The number of pyridine rings is 1. The van der Waals surface area contributed by atoms with E-state index in [0.29, 0.717) is 11.5 Å². The van der Waals surface area contributed by atoms with E-state index in [0.717, 1.165) is 23.3 Å². The zero-order valence-electron chi connectivity index (χ0n) is 12.5. The van der Waals surface area contributed by atoms with Crippen molar-refractivity contribution in [2.24, 2.45) is 0 Å². The number of nitrogen functional groups attached to an aromatic ring is 2. The number of rotatable bonds is 4. The summed E-state index contributed by atoms with van der Waals surface area (Å²) in [5.41, 5.74) is 13.4. The van der Waals surface area contributed by atoms with E-state index in [4.69, 9.17) is 11.5 Å². The van der Waals surface area contributed by atoms with Crippen molar-refractivity contribution in [3.63, 3.8) is 0 Å². The van der Waals surface area contributed by atoms with Gasteiger partial charge in [0.2, 0.25) is 5.95 Å². The third-order valence-corrected chi connectivity index (χ3v) is 3.71. The smallest absolute Gasteiger partial charge is 0.224 e. The lowest BCUT2D eigenvalue weighted by Crippen LogP contribution is -2.28. The highest BCUT2D eigenvalue weighted by Gasteiger charge is 2.22. The van der Waals surface area contributed by atoms with Gasteiger partial charge in [-0.05, 0) is 19.9 Å². The summed E-state index contributed by atoms with van der Waals surface area (Å²) in [6.07, 6.45) is 3.38. The highest BCUT2D eigenvalue weighted by atomic mass is 15.3. The van der Waals surface area contributed by atoms with Crippen LogP contribution in [-0.2, 0) is 0 Å². The Balaban J connectivity index is 2.10. The molecule has 0 aliphatic carbocycles. The Morgan fingerprint density at radius 1 is 1.32 bits per heavy atom. The van der Waals surface area contributed by atoms with Crippen LogP contribution in [-0.4, -0.2) is 31.7 Å². The summed E-state index contributed by atoms with van der Waals surface area (Å²) in [6.45, 7) is 4.83. The number of anilines is 3. The summed E-state index contributed by atoms with van der Waals surface area (Å²) in [4.78, 5) is 14.8. The number of H-pyrrole nitrogens is 1. The van der Waals surface area contributed by atoms with Gasteiger partial charge in [-0.25, -0.2) is 4.98 Å². The van der Waals surface area contributed by atoms with Gasteiger partial charge in [-0.15, -0.1) is 0 Å². The Bertz CT molecular complexity index is 796. The van der Waals surface area contributed by atoms with Crippen molar-refractivity contribution in [1.29, 1.82) is 0 Å². The molecule has 0 spiro atoms. The van der Waals surface area contributed by atoms with Crippen LogP contribution in [0.15, 0.2) is 24.5 Å². The van der Waals surface area contributed by atoms with E-state index in [9.17, 15) is 0 Å². The average Bonchev–Trinajstić information content (AvgIpc) is 2.96. The molecular formula is C14H18N8. The molecule has 3 aromatic rings. The molecule has 0 radical (unpaired) electrons. The summed E-state index contributed by atoms with van der Waals surface area (Å²) >= 11 is 0. The fourth-order valence-corrected chi connectivity index (χ4v) is 2.61. The Labute approximate surface area is 127 Å². The number of aromatic nitrogens is 5. The lowest BCUT2D eigenvalue weighted by molar-refractivity contribution is 0.682. The van der Waals surface area contributed by atoms with Crippen LogP contribution in [0.3, 0.4) is 0 Å². The lowest BCUT2D eigenvalue weighted by atomic mass is 10.1. The van der Waals surface area contributed by atoms with Gasteiger partial charge in [-0.2, -0.15) is 15.1 Å². The van der Waals surface area contributed by atoms with Gasteiger partial charge in [0.25, 0.3) is 0 Å². The van der Waals surface area contributed by atoms with Crippen LogP contribution in [0.4, 0.5) is 17.6 Å². The summed E-state index contributed by atoms with van der Waals surface area (Å²) in [7, 11) is 0. The summed E-state index contributed by atoms with van der Waals surface area (Å²) in [5.74, 6) is 1.45. The van der Waals surface area contributed by atoms with E-state index < -0.39 is 0 Å². The van der Waals surface area contributed by atoms with Crippen molar-refractivity contribution in [2.75, 3.05) is 22.9 Å². The molecule has 5 N–H and O–H groups in total. The molecule has 8 heteroatoms. The van der Waals surface area contributed by atoms with Gasteiger partial charge >= 0.3 is 0 Å². The molecule has 0 aromatic carbocycles. The SMILES string of the molecule is CCN(c1nc(N)nc2[nH]ncc12)C(C)c1cccnc1N. The van der Waals surface area contributed by atoms with Gasteiger partial charge in [0.1, 0.15) is 11.6 Å². The third kappa shape index (κ3) is 2.28. The van der Waals surface area contributed by atoms with Crippen LogP contribution in [0, 0.1) is 0 Å². The second-order valence-electron chi connectivity index (χ2n) is 4.98. The molecule has 1 atom stereocenters. The molecule has 0 saturated carbocycles. The minimum atomic E-state index is -0.00824. The van der Waals surface area contributed by atoms with E-state index in [1.807, 2.05) is 19.1 Å². The fourth-order valence-electron chi connectivity index (χ4n) is 2.61. The van der Waals surface area contributed by atoms with Crippen LogP contribution in [0.1, 0.15) is 25.5 Å². The molecule has 0 aliphatic heterocycles. The van der Waals surface area contributed by atoms with E-state index in [1.165, 1.54) is 0 Å². The van der Waals surface area contributed by atoms with Crippen LogP contribution in [0.5, 0.6) is 0 Å². The minimum Gasteiger partial charge on any atom is -0.383 e. The Morgan fingerprint density at radius 2 is 2.14 bits per heavy atom. The van der Waals surface area contributed by atoms with Crippen molar-refractivity contribution in [3.05, 3.63) is 30.1 Å². The molecular weight excluding hydrogens is 280 g/mol. The van der Waals surface area contributed by atoms with Crippen molar-refractivity contribution in [1.82, 2.24) is 25.1 Å². The average molecular weight is 298 g/mol. The molecule has 0 fully saturated rings. The maximum absolute atomic E-state index is 6.00. The highest BCUT2D eigenvalue weighted by molar-refractivity contribution is 5.87. The van der Waals surface area contributed by atoms with E-state index in [1.54, 1.807) is 12.4 Å². The lowest BCUT2D eigenvalue weighted by Gasteiger charge is -2.30. The monoisotopic (exact) mass is 298 g/mol. The van der Waals surface area contributed by atoms with Gasteiger partial charge in [0.05, 0.1) is 17.6 Å². The topological polar surface area (TPSA) is 123 Å². The Kier molecular flexibility index (Phi) is 3.50. The van der Waals surface area contributed by atoms with Crippen LogP contribution in [0.2, 0.25) is 0 Å². The van der Waals surface area contributed by atoms with Crippen molar-refractivity contribution >= 4 is 28.6 Å². The van der Waals surface area contributed by atoms with E-state index in [-0.39, 0.29) is 12.0 Å². The van der Waals surface area contributed by atoms with Gasteiger partial charge in [-0.3, -0.25) is 5.10 Å². The van der Waals surface area contributed by atoms with Gasteiger partial charge in [0, 0.05) is 18.3 Å². The molecule has 0 bridgehead atoms. The number of hydrogen-bond donors (Lipinski definition) is 3. The number of nitrogens with two attached hydrogens (primary N) is 2. The molecule has 0 amide bonds. The number of nitrogens with zero attached hydrogens (tertiary/aromatic N) is 5. The summed E-state index contributed by atoms with van der Waals surface area (Å²) < 4.78 is 0. The molecule has 1 unspecified atom stereocenters. The molecule has 3 aromatic heterocycles. The van der Waals surface area contributed by atoms with Crippen molar-refractivity contribution < 1.29 is 0 Å². The molecule has 3 rings (SSSR count). The van der Waals surface area contributed by atoms with Gasteiger partial charge in [-0.1, -0.05) is 6.07 Å². The minimum absolute atomic E-state index is 0.00824. The fraction of sp³-hybridized carbons (Fsp3) is 0.286. The Hall–Kier alpha value is -2.90. The van der Waals surface area contributed by atoms with Crippen LogP contribution < -0.4 is 16.4 Å². The predicted molar refractivity (Wildman–Crippen MR) is 86.2 cm³/mol. The van der Waals surface area contributed by atoms with Crippen molar-refractivity contribution in [2.45, 2.75) is 19.9 Å². The maximum Gasteiger partial charge on any atom is 0.224 e. The zero-order valence-corrected chi connectivity index (χ0v) is 12.5. The largest absolute Gasteiger partial charge is 0.383 e. The quantitative estimate of drug-likeness (QED) is 0.667. The first kappa shape index (κ1) is 14.1. The second-order valence-corrected chi connectivity index (χ2v) is 4.98. The van der Waals surface area contributed by atoms with Crippen molar-refractivity contribution in [3.8, 4) is 0 Å². The zero-order chi connectivity index (χ0) is 15.7. The first-order valence-electron chi connectivity index (χ1n) is 7.05. The molecule has 0 aliphatic rings. The van der Waals surface area contributed by atoms with Crippen LogP contribution in [0.25, 0.3) is 11.0 Å². The van der Waals surface area contributed by atoms with Gasteiger partial charge < -0.3 is 16.4 Å².